The highest BCUT2D eigenvalue weighted by Crippen LogP contribution is 2.26. The van der Waals surface area contributed by atoms with E-state index >= 15 is 0 Å². The number of carbonyl (C=O) groups excluding carboxylic acids is 1. The molecule has 1 saturated heterocycles. The third-order valence-corrected chi connectivity index (χ3v) is 3.74. The second-order valence-corrected chi connectivity index (χ2v) is 5.02. The fourth-order valence-corrected chi connectivity index (χ4v) is 2.66. The van der Waals surface area contributed by atoms with Crippen molar-refractivity contribution in [2.75, 3.05) is 39.9 Å². The molecule has 0 aromatic heterocycles. The maximum Gasteiger partial charge on any atom is 0.319 e. The van der Waals surface area contributed by atoms with Crippen molar-refractivity contribution in [3.63, 3.8) is 0 Å². The summed E-state index contributed by atoms with van der Waals surface area (Å²) >= 11 is 0. The van der Waals surface area contributed by atoms with E-state index in [1.165, 1.54) is 0 Å². The van der Waals surface area contributed by atoms with Crippen LogP contribution in [0.2, 0.25) is 0 Å². The van der Waals surface area contributed by atoms with Gasteiger partial charge in [0.2, 0.25) is 0 Å². The second kappa shape index (κ2) is 5.69. The molecule has 2 rings (SSSR count). The minimum Gasteiger partial charge on any atom is -0.393 e. The van der Waals surface area contributed by atoms with Crippen LogP contribution in [0.1, 0.15) is 19.3 Å². The summed E-state index contributed by atoms with van der Waals surface area (Å²) in [5.41, 5.74) is 0. The van der Waals surface area contributed by atoms with Crippen LogP contribution in [0.25, 0.3) is 0 Å². The van der Waals surface area contributed by atoms with Crippen molar-refractivity contribution in [1.29, 1.82) is 0 Å². The van der Waals surface area contributed by atoms with E-state index < -0.39 is 0 Å². The minimum absolute atomic E-state index is 0.0624. The van der Waals surface area contributed by atoms with Crippen LogP contribution >= 0.6 is 0 Å². The number of rotatable bonds is 2. The first-order valence-electron chi connectivity index (χ1n) is 6.44. The molecule has 1 aliphatic heterocycles. The predicted molar refractivity (Wildman–Crippen MR) is 63.8 cm³/mol. The molecule has 2 aliphatic rings. The molecule has 5 heteroatoms. The smallest absolute Gasteiger partial charge is 0.319 e. The largest absolute Gasteiger partial charge is 0.393 e. The molecule has 1 N–H and O–H groups in total. The van der Waals surface area contributed by atoms with Gasteiger partial charge in [-0.15, -0.1) is 0 Å². The molecule has 2 amide bonds. The molecule has 0 spiro atoms. The highest BCUT2D eigenvalue weighted by molar-refractivity contribution is 5.74. The molecule has 1 saturated carbocycles. The maximum absolute atomic E-state index is 12.1. The first-order valence-corrected chi connectivity index (χ1v) is 6.44. The standard InChI is InChI=1S/C12H22N2O3/c1-13(9-10-3-2-4-11(10)15)12(16)14-5-7-17-8-6-14/h10-11,15H,2-9H2,1H3. The molecule has 0 radical (unpaired) electrons. The van der Waals surface area contributed by atoms with Crippen molar-refractivity contribution in [2.24, 2.45) is 5.92 Å². The summed E-state index contributed by atoms with van der Waals surface area (Å²) in [7, 11) is 1.82. The number of carbonyl (C=O) groups is 1. The third-order valence-electron chi connectivity index (χ3n) is 3.74. The van der Waals surface area contributed by atoms with Gasteiger partial charge < -0.3 is 19.6 Å². The lowest BCUT2D eigenvalue weighted by Gasteiger charge is -2.32. The van der Waals surface area contributed by atoms with Crippen LogP contribution < -0.4 is 0 Å². The molecule has 2 fully saturated rings. The van der Waals surface area contributed by atoms with Crippen molar-refractivity contribution in [3.05, 3.63) is 0 Å². The number of hydrogen-bond acceptors (Lipinski definition) is 3. The van der Waals surface area contributed by atoms with E-state index in [2.05, 4.69) is 0 Å². The van der Waals surface area contributed by atoms with Crippen molar-refractivity contribution in [2.45, 2.75) is 25.4 Å². The molecule has 17 heavy (non-hydrogen) atoms. The number of morpholine rings is 1. The zero-order chi connectivity index (χ0) is 12.3. The molecule has 2 unspecified atom stereocenters. The fraction of sp³-hybridized carbons (Fsp3) is 0.917. The average Bonchev–Trinajstić information content (AvgIpc) is 2.75. The lowest BCUT2D eigenvalue weighted by molar-refractivity contribution is 0.0415. The van der Waals surface area contributed by atoms with Crippen molar-refractivity contribution in [1.82, 2.24) is 9.80 Å². The summed E-state index contributed by atoms with van der Waals surface area (Å²) in [5, 5.41) is 9.76. The summed E-state index contributed by atoms with van der Waals surface area (Å²) in [6.07, 6.45) is 2.76. The average molecular weight is 242 g/mol. The SMILES string of the molecule is CN(CC1CCCC1O)C(=O)N1CCOCC1. The van der Waals surface area contributed by atoms with E-state index in [4.69, 9.17) is 4.74 Å². The molecule has 0 aromatic carbocycles. The molecular weight excluding hydrogens is 220 g/mol. The molecule has 1 aliphatic carbocycles. The lowest BCUT2D eigenvalue weighted by Crippen LogP contribution is -2.48. The number of aliphatic hydroxyl groups excluding tert-OH is 1. The van der Waals surface area contributed by atoms with Crippen molar-refractivity contribution >= 4 is 6.03 Å². The van der Waals surface area contributed by atoms with E-state index in [-0.39, 0.29) is 18.1 Å². The van der Waals surface area contributed by atoms with E-state index in [9.17, 15) is 9.90 Å². The molecule has 98 valence electrons. The summed E-state index contributed by atoms with van der Waals surface area (Å²) in [4.78, 5) is 15.7. The lowest BCUT2D eigenvalue weighted by atomic mass is 10.1. The maximum atomic E-state index is 12.1. The van der Waals surface area contributed by atoms with Gasteiger partial charge in [-0.25, -0.2) is 4.79 Å². The van der Waals surface area contributed by atoms with E-state index in [0.717, 1.165) is 19.3 Å². The number of aliphatic hydroxyl groups is 1. The molecule has 0 bridgehead atoms. The zero-order valence-corrected chi connectivity index (χ0v) is 10.5. The van der Waals surface area contributed by atoms with Crippen LogP contribution in [0.3, 0.4) is 0 Å². The number of nitrogens with zero attached hydrogens (tertiary/aromatic N) is 2. The second-order valence-electron chi connectivity index (χ2n) is 5.02. The van der Waals surface area contributed by atoms with Crippen molar-refractivity contribution < 1.29 is 14.6 Å². The minimum atomic E-state index is -0.227. The monoisotopic (exact) mass is 242 g/mol. The Morgan fingerprint density at radius 1 is 1.41 bits per heavy atom. The number of urea groups is 1. The fourth-order valence-electron chi connectivity index (χ4n) is 2.66. The van der Waals surface area contributed by atoms with Crippen LogP contribution in [0.15, 0.2) is 0 Å². The molecule has 1 heterocycles. The van der Waals surface area contributed by atoms with E-state index in [1.807, 2.05) is 11.9 Å². The topological polar surface area (TPSA) is 53.0 Å². The van der Waals surface area contributed by atoms with Gasteiger partial charge in [-0.3, -0.25) is 0 Å². The highest BCUT2D eigenvalue weighted by atomic mass is 16.5. The van der Waals surface area contributed by atoms with Gasteiger partial charge in [-0.1, -0.05) is 6.42 Å². The molecule has 2 atom stereocenters. The van der Waals surface area contributed by atoms with Gasteiger partial charge in [0.25, 0.3) is 0 Å². The Bertz CT molecular complexity index is 266. The van der Waals surface area contributed by atoms with Crippen LogP contribution in [-0.2, 0) is 4.74 Å². The Morgan fingerprint density at radius 2 is 2.12 bits per heavy atom. The van der Waals surface area contributed by atoms with Crippen LogP contribution in [0.4, 0.5) is 4.79 Å². The number of amides is 2. The first-order chi connectivity index (χ1) is 8.18. The number of ether oxygens (including phenoxy) is 1. The Kier molecular flexibility index (Phi) is 4.23. The van der Waals surface area contributed by atoms with Gasteiger partial charge >= 0.3 is 6.03 Å². The Morgan fingerprint density at radius 3 is 2.71 bits per heavy atom. The molecule has 0 aromatic rings. The molecule has 5 nitrogen and oxygen atoms in total. The predicted octanol–water partition coefficient (Wildman–Crippen LogP) is 0.531. The summed E-state index contributed by atoms with van der Waals surface area (Å²) in [5.74, 6) is 0.255. The van der Waals surface area contributed by atoms with Gasteiger partial charge in [-0.05, 0) is 12.8 Å². The molecular formula is C12H22N2O3. The van der Waals surface area contributed by atoms with Crippen LogP contribution in [0, 0.1) is 5.92 Å². The van der Waals surface area contributed by atoms with Gasteiger partial charge in [0.1, 0.15) is 0 Å². The third kappa shape index (κ3) is 3.10. The van der Waals surface area contributed by atoms with E-state index in [1.54, 1.807) is 4.90 Å². The van der Waals surface area contributed by atoms with Gasteiger partial charge in [0.05, 0.1) is 19.3 Å². The highest BCUT2D eigenvalue weighted by Gasteiger charge is 2.29. The zero-order valence-electron chi connectivity index (χ0n) is 10.5. The Labute approximate surface area is 102 Å². The number of hydrogen-bond donors (Lipinski definition) is 1. The first kappa shape index (κ1) is 12.6. The van der Waals surface area contributed by atoms with Gasteiger partial charge in [-0.2, -0.15) is 0 Å². The summed E-state index contributed by atoms with van der Waals surface area (Å²) in [6.45, 7) is 3.28. The van der Waals surface area contributed by atoms with Crippen LogP contribution in [0.5, 0.6) is 0 Å². The van der Waals surface area contributed by atoms with Gasteiger partial charge in [0.15, 0.2) is 0 Å². The van der Waals surface area contributed by atoms with E-state index in [0.29, 0.717) is 32.8 Å². The quantitative estimate of drug-likeness (QED) is 0.768. The Hall–Kier alpha value is -0.810. The summed E-state index contributed by atoms with van der Waals surface area (Å²) in [6, 6.07) is 0.0624. The van der Waals surface area contributed by atoms with Crippen LogP contribution in [-0.4, -0.2) is 66.9 Å². The van der Waals surface area contributed by atoms with Crippen molar-refractivity contribution in [3.8, 4) is 0 Å². The Balaban J connectivity index is 1.81. The van der Waals surface area contributed by atoms with Gasteiger partial charge in [0, 0.05) is 32.6 Å². The summed E-state index contributed by atoms with van der Waals surface area (Å²) < 4.78 is 5.23. The normalized spacial score (nSPS) is 29.4.